The quantitative estimate of drug-likeness (QED) is 0.655. The fraction of sp³-hybridized carbons (Fsp3) is 0.235. The fourth-order valence-electron chi connectivity index (χ4n) is 2.87. The van der Waals surface area contributed by atoms with Gasteiger partial charge in [-0.15, -0.1) is 0 Å². The molecule has 0 aliphatic heterocycles. The van der Waals surface area contributed by atoms with Crippen molar-refractivity contribution >= 4 is 11.5 Å². The van der Waals surface area contributed by atoms with Gasteiger partial charge >= 0.3 is 0 Å². The Bertz CT molecular complexity index is 601. The molecule has 19 heavy (non-hydrogen) atoms. The van der Waals surface area contributed by atoms with Crippen LogP contribution in [0.5, 0.6) is 0 Å². The third-order valence-electron chi connectivity index (χ3n) is 3.88. The van der Waals surface area contributed by atoms with Crippen LogP contribution in [0.4, 0.5) is 5.69 Å². The van der Waals surface area contributed by atoms with Crippen LogP contribution in [0.15, 0.2) is 48.5 Å². The van der Waals surface area contributed by atoms with Crippen LogP contribution in [0.3, 0.4) is 0 Å². The number of nitrogen functional groups attached to an aromatic ring is 1. The maximum atomic E-state index is 12.6. The van der Waals surface area contributed by atoms with E-state index in [1.165, 1.54) is 11.1 Å². The number of carbonyl (C=O) groups is 1. The number of hydrogen-bond acceptors (Lipinski definition) is 2. The predicted octanol–water partition coefficient (Wildman–Crippen LogP) is 3.57. The maximum absolute atomic E-state index is 12.6. The Kier molecular flexibility index (Phi) is 3.08. The number of fused-ring (bicyclic) bond motifs is 1. The molecule has 2 aromatic carbocycles. The second-order valence-corrected chi connectivity index (χ2v) is 5.13. The van der Waals surface area contributed by atoms with Crippen molar-refractivity contribution in [2.24, 2.45) is 0 Å². The molecule has 1 aliphatic rings. The van der Waals surface area contributed by atoms with Crippen LogP contribution >= 0.6 is 0 Å². The number of Topliss-reactive ketones (excluding diaryl/α,β-unsaturated/α-hetero) is 1. The standard InChI is InChI=1S/C17H17NO/c18-14-10-8-13(9-11-14)17(19)16-7-3-5-12-4-1-2-6-15(12)16/h1-2,4,6,8-11,16H,3,5,7,18H2. The Balaban J connectivity index is 1.95. The SMILES string of the molecule is Nc1ccc(C(=O)C2CCCc3ccccc32)cc1. The van der Waals surface area contributed by atoms with Crippen LogP contribution in [-0.2, 0) is 6.42 Å². The van der Waals surface area contributed by atoms with Gasteiger partial charge in [-0.05, 0) is 54.7 Å². The third kappa shape index (κ3) is 2.26. The predicted molar refractivity (Wildman–Crippen MR) is 77.3 cm³/mol. The first-order valence-corrected chi connectivity index (χ1v) is 6.73. The Morgan fingerprint density at radius 1 is 1.05 bits per heavy atom. The van der Waals surface area contributed by atoms with Gasteiger partial charge in [0.05, 0.1) is 0 Å². The number of rotatable bonds is 2. The van der Waals surface area contributed by atoms with Gasteiger partial charge in [-0.3, -0.25) is 4.79 Å². The number of anilines is 1. The van der Waals surface area contributed by atoms with Crippen molar-refractivity contribution in [3.8, 4) is 0 Å². The molecule has 0 fully saturated rings. The smallest absolute Gasteiger partial charge is 0.170 e. The summed E-state index contributed by atoms with van der Waals surface area (Å²) in [4.78, 5) is 12.6. The Labute approximate surface area is 113 Å². The summed E-state index contributed by atoms with van der Waals surface area (Å²) in [6, 6.07) is 15.5. The van der Waals surface area contributed by atoms with Crippen LogP contribution in [0, 0.1) is 0 Å². The largest absolute Gasteiger partial charge is 0.399 e. The molecule has 0 spiro atoms. The number of benzene rings is 2. The zero-order chi connectivity index (χ0) is 13.2. The van der Waals surface area contributed by atoms with E-state index in [2.05, 4.69) is 18.2 Å². The van der Waals surface area contributed by atoms with Crippen molar-refractivity contribution in [2.75, 3.05) is 5.73 Å². The van der Waals surface area contributed by atoms with Crippen molar-refractivity contribution < 1.29 is 4.79 Å². The second kappa shape index (κ2) is 4.88. The molecular weight excluding hydrogens is 234 g/mol. The lowest BCUT2D eigenvalue weighted by Gasteiger charge is -2.24. The highest BCUT2D eigenvalue weighted by Crippen LogP contribution is 2.33. The van der Waals surface area contributed by atoms with E-state index >= 15 is 0 Å². The van der Waals surface area contributed by atoms with Gasteiger partial charge in [0.2, 0.25) is 0 Å². The van der Waals surface area contributed by atoms with E-state index < -0.39 is 0 Å². The summed E-state index contributed by atoms with van der Waals surface area (Å²) in [5.74, 6) is 0.223. The van der Waals surface area contributed by atoms with E-state index in [0.29, 0.717) is 5.69 Å². The van der Waals surface area contributed by atoms with Gasteiger partial charge in [0.1, 0.15) is 0 Å². The Morgan fingerprint density at radius 3 is 2.58 bits per heavy atom. The van der Waals surface area contributed by atoms with Crippen molar-refractivity contribution in [2.45, 2.75) is 25.2 Å². The minimum Gasteiger partial charge on any atom is -0.399 e. The minimum atomic E-state index is 0.00794. The highest BCUT2D eigenvalue weighted by atomic mass is 16.1. The molecular formula is C17H17NO. The number of carbonyl (C=O) groups excluding carboxylic acids is 1. The maximum Gasteiger partial charge on any atom is 0.170 e. The van der Waals surface area contributed by atoms with Crippen molar-refractivity contribution in [1.29, 1.82) is 0 Å². The third-order valence-corrected chi connectivity index (χ3v) is 3.88. The molecule has 2 aromatic rings. The lowest BCUT2D eigenvalue weighted by Crippen LogP contribution is -2.18. The van der Waals surface area contributed by atoms with Gasteiger partial charge in [-0.2, -0.15) is 0 Å². The summed E-state index contributed by atoms with van der Waals surface area (Å²) in [5.41, 5.74) is 9.65. The van der Waals surface area contributed by atoms with Crippen LogP contribution in [-0.4, -0.2) is 5.78 Å². The zero-order valence-electron chi connectivity index (χ0n) is 10.8. The first-order chi connectivity index (χ1) is 9.25. The van der Waals surface area contributed by atoms with E-state index in [1.54, 1.807) is 12.1 Å². The van der Waals surface area contributed by atoms with Crippen LogP contribution < -0.4 is 5.73 Å². The number of aryl methyl sites for hydroxylation is 1. The molecule has 3 rings (SSSR count). The summed E-state index contributed by atoms with van der Waals surface area (Å²) in [7, 11) is 0. The average Bonchev–Trinajstić information content (AvgIpc) is 2.47. The van der Waals surface area contributed by atoms with Gasteiger partial charge in [0.25, 0.3) is 0 Å². The Morgan fingerprint density at radius 2 is 1.79 bits per heavy atom. The van der Waals surface area contributed by atoms with E-state index in [0.717, 1.165) is 24.8 Å². The zero-order valence-corrected chi connectivity index (χ0v) is 10.8. The normalized spacial score (nSPS) is 17.8. The van der Waals surface area contributed by atoms with Gasteiger partial charge in [0.15, 0.2) is 5.78 Å². The van der Waals surface area contributed by atoms with Crippen LogP contribution in [0.25, 0.3) is 0 Å². The number of hydrogen-bond donors (Lipinski definition) is 1. The topological polar surface area (TPSA) is 43.1 Å². The molecule has 0 radical (unpaired) electrons. The van der Waals surface area contributed by atoms with Crippen LogP contribution in [0.1, 0.15) is 40.2 Å². The molecule has 0 saturated heterocycles. The molecule has 1 atom stereocenters. The van der Waals surface area contributed by atoms with E-state index in [-0.39, 0.29) is 11.7 Å². The minimum absolute atomic E-state index is 0.00794. The molecule has 0 heterocycles. The summed E-state index contributed by atoms with van der Waals surface area (Å²) in [6.07, 6.45) is 3.12. The summed E-state index contributed by atoms with van der Waals surface area (Å²) >= 11 is 0. The van der Waals surface area contributed by atoms with Gasteiger partial charge in [-0.1, -0.05) is 24.3 Å². The lowest BCUT2D eigenvalue weighted by atomic mass is 9.79. The molecule has 2 heteroatoms. The molecule has 0 saturated carbocycles. The van der Waals surface area contributed by atoms with E-state index in [9.17, 15) is 4.79 Å². The molecule has 0 aromatic heterocycles. The average molecular weight is 251 g/mol. The molecule has 1 aliphatic carbocycles. The summed E-state index contributed by atoms with van der Waals surface area (Å²) < 4.78 is 0. The molecule has 2 nitrogen and oxygen atoms in total. The van der Waals surface area contributed by atoms with E-state index in [4.69, 9.17) is 5.73 Å². The summed E-state index contributed by atoms with van der Waals surface area (Å²) in [6.45, 7) is 0. The monoisotopic (exact) mass is 251 g/mol. The first-order valence-electron chi connectivity index (χ1n) is 6.73. The van der Waals surface area contributed by atoms with Gasteiger partial charge in [-0.25, -0.2) is 0 Å². The van der Waals surface area contributed by atoms with Gasteiger partial charge < -0.3 is 5.73 Å². The van der Waals surface area contributed by atoms with Crippen molar-refractivity contribution in [3.05, 3.63) is 65.2 Å². The fourth-order valence-corrected chi connectivity index (χ4v) is 2.87. The van der Waals surface area contributed by atoms with Crippen molar-refractivity contribution in [1.82, 2.24) is 0 Å². The molecule has 0 amide bonds. The van der Waals surface area contributed by atoms with E-state index in [1.807, 2.05) is 18.2 Å². The molecule has 1 unspecified atom stereocenters. The first kappa shape index (κ1) is 12.0. The van der Waals surface area contributed by atoms with Crippen LogP contribution in [0.2, 0.25) is 0 Å². The second-order valence-electron chi connectivity index (χ2n) is 5.13. The highest BCUT2D eigenvalue weighted by molar-refractivity contribution is 6.01. The van der Waals surface area contributed by atoms with Crippen molar-refractivity contribution in [3.63, 3.8) is 0 Å². The van der Waals surface area contributed by atoms with Gasteiger partial charge in [0, 0.05) is 17.2 Å². The highest BCUT2D eigenvalue weighted by Gasteiger charge is 2.26. The number of nitrogens with two attached hydrogens (primary N) is 1. The summed E-state index contributed by atoms with van der Waals surface area (Å²) in [5, 5.41) is 0. The lowest BCUT2D eigenvalue weighted by molar-refractivity contribution is 0.0951. The molecule has 2 N–H and O–H groups in total. The molecule has 96 valence electrons. The number of ketones is 1. The Hall–Kier alpha value is -2.09. The molecule has 0 bridgehead atoms.